The second-order valence-corrected chi connectivity index (χ2v) is 11.2. The van der Waals surface area contributed by atoms with Crippen LogP contribution in [0.25, 0.3) is 0 Å². The topological polar surface area (TPSA) is 86.8 Å². The Kier molecular flexibility index (Phi) is 9.59. The Morgan fingerprint density at radius 2 is 1.65 bits per heavy atom. The second kappa shape index (κ2) is 12.4. The van der Waals surface area contributed by atoms with Gasteiger partial charge in [0, 0.05) is 23.6 Å². The number of sulfonamides is 1. The number of anilines is 1. The summed E-state index contributed by atoms with van der Waals surface area (Å²) in [6, 6.07) is 18.8. The van der Waals surface area contributed by atoms with E-state index in [1.165, 1.54) is 36.2 Å². The van der Waals surface area contributed by atoms with Crippen molar-refractivity contribution >= 4 is 50.7 Å². The largest absolute Gasteiger partial charge is 0.357 e. The summed E-state index contributed by atoms with van der Waals surface area (Å²) in [7, 11) is -2.66. The van der Waals surface area contributed by atoms with Gasteiger partial charge >= 0.3 is 0 Å². The number of nitrogens with one attached hydrogen (secondary N) is 1. The van der Waals surface area contributed by atoms with Gasteiger partial charge in [-0.3, -0.25) is 13.9 Å². The minimum Gasteiger partial charge on any atom is -0.357 e. The average molecular weight is 563 g/mol. The summed E-state index contributed by atoms with van der Waals surface area (Å²) < 4.78 is 28.6. The monoisotopic (exact) mass is 561 g/mol. The zero-order valence-electron chi connectivity index (χ0n) is 20.8. The molecule has 0 saturated carbocycles. The van der Waals surface area contributed by atoms with Crippen molar-refractivity contribution in [3.05, 3.63) is 94.0 Å². The lowest BCUT2D eigenvalue weighted by atomic mass is 10.1. The second-order valence-electron chi connectivity index (χ2n) is 8.46. The predicted octanol–water partition coefficient (Wildman–Crippen LogP) is 5.05. The first-order valence-electron chi connectivity index (χ1n) is 11.7. The van der Waals surface area contributed by atoms with Crippen molar-refractivity contribution in [1.82, 2.24) is 10.2 Å². The molecule has 0 aromatic heterocycles. The molecule has 0 heterocycles. The highest BCUT2D eigenvalue weighted by Crippen LogP contribution is 2.27. The highest BCUT2D eigenvalue weighted by atomic mass is 35.5. The highest BCUT2D eigenvalue weighted by Gasteiger charge is 2.33. The third-order valence-corrected chi connectivity index (χ3v) is 8.31. The molecule has 1 atom stereocenters. The molecule has 0 saturated heterocycles. The SMILES string of the molecule is CC[C@@H](C(=O)NC)N(Cc1ccccc1Cl)C(=O)CN(c1cccc(C)c1)S(=O)(=O)c1ccc(Cl)cc1. The molecule has 7 nitrogen and oxygen atoms in total. The van der Waals surface area contributed by atoms with Crippen LogP contribution < -0.4 is 9.62 Å². The molecule has 0 bridgehead atoms. The maximum atomic E-state index is 13.9. The van der Waals surface area contributed by atoms with Crippen molar-refractivity contribution in [2.24, 2.45) is 0 Å². The standard InChI is InChI=1S/C27H29Cl2N3O4S/c1-4-25(27(34)30-3)31(17-20-9-5-6-11-24(20)29)26(33)18-32(22-10-7-8-19(2)16-22)37(35,36)23-14-12-21(28)13-15-23/h5-16,25H,4,17-18H2,1-3H3,(H,30,34)/t25-/m0/s1. The number of halogens is 2. The fraction of sp³-hybridized carbons (Fsp3) is 0.259. The number of carbonyl (C=O) groups is 2. The van der Waals surface area contributed by atoms with Crippen molar-refractivity contribution in [1.29, 1.82) is 0 Å². The van der Waals surface area contributed by atoms with Gasteiger partial charge in [0.25, 0.3) is 10.0 Å². The average Bonchev–Trinajstić information content (AvgIpc) is 2.88. The van der Waals surface area contributed by atoms with E-state index in [-0.39, 0.29) is 17.3 Å². The molecule has 0 fully saturated rings. The molecule has 196 valence electrons. The van der Waals surface area contributed by atoms with E-state index < -0.39 is 28.5 Å². The summed E-state index contributed by atoms with van der Waals surface area (Å²) in [5.41, 5.74) is 1.79. The van der Waals surface area contributed by atoms with Crippen LogP contribution >= 0.6 is 23.2 Å². The third-order valence-electron chi connectivity index (χ3n) is 5.90. The van der Waals surface area contributed by atoms with E-state index in [2.05, 4.69) is 5.32 Å². The highest BCUT2D eigenvalue weighted by molar-refractivity contribution is 7.92. The Balaban J connectivity index is 2.07. The molecular weight excluding hydrogens is 533 g/mol. The summed E-state index contributed by atoms with van der Waals surface area (Å²) >= 11 is 12.3. The third kappa shape index (κ3) is 6.83. The molecule has 0 radical (unpaired) electrons. The Hall–Kier alpha value is -3.07. The molecule has 0 aliphatic carbocycles. The summed E-state index contributed by atoms with van der Waals surface area (Å²) in [4.78, 5) is 28.0. The first-order chi connectivity index (χ1) is 17.6. The molecule has 0 aliphatic heterocycles. The molecule has 37 heavy (non-hydrogen) atoms. The van der Waals surface area contributed by atoms with Crippen LogP contribution in [0.15, 0.2) is 77.7 Å². The van der Waals surface area contributed by atoms with E-state index in [1.807, 2.05) is 13.0 Å². The van der Waals surface area contributed by atoms with Gasteiger partial charge < -0.3 is 10.2 Å². The van der Waals surface area contributed by atoms with Gasteiger partial charge in [-0.15, -0.1) is 0 Å². The number of amides is 2. The van der Waals surface area contributed by atoms with Crippen LogP contribution in [0.3, 0.4) is 0 Å². The quantitative estimate of drug-likeness (QED) is 0.375. The lowest BCUT2D eigenvalue weighted by Gasteiger charge is -2.33. The zero-order valence-corrected chi connectivity index (χ0v) is 23.1. The Bertz CT molecular complexity index is 1360. The summed E-state index contributed by atoms with van der Waals surface area (Å²) in [6.45, 7) is 3.13. The number of rotatable bonds is 10. The fourth-order valence-corrected chi connectivity index (χ4v) is 5.67. The van der Waals surface area contributed by atoms with E-state index in [0.29, 0.717) is 27.7 Å². The number of nitrogens with zero attached hydrogens (tertiary/aromatic N) is 2. The van der Waals surface area contributed by atoms with Crippen molar-refractivity contribution in [3.8, 4) is 0 Å². The van der Waals surface area contributed by atoms with Crippen LogP contribution in [0.2, 0.25) is 10.0 Å². The lowest BCUT2D eigenvalue weighted by molar-refractivity contribution is -0.140. The maximum absolute atomic E-state index is 13.9. The molecule has 3 aromatic rings. The minimum absolute atomic E-state index is 0.0118. The Morgan fingerprint density at radius 3 is 2.24 bits per heavy atom. The van der Waals surface area contributed by atoms with E-state index in [0.717, 1.165) is 9.87 Å². The normalized spacial score (nSPS) is 12.0. The van der Waals surface area contributed by atoms with Gasteiger partial charge in [-0.1, -0.05) is 60.5 Å². The van der Waals surface area contributed by atoms with Gasteiger partial charge in [-0.2, -0.15) is 0 Å². The first-order valence-corrected chi connectivity index (χ1v) is 13.9. The van der Waals surface area contributed by atoms with Gasteiger partial charge in [0.05, 0.1) is 10.6 Å². The molecule has 0 spiro atoms. The molecule has 10 heteroatoms. The van der Waals surface area contributed by atoms with E-state index in [1.54, 1.807) is 49.4 Å². The summed E-state index contributed by atoms with van der Waals surface area (Å²) in [5, 5.41) is 3.42. The number of hydrogen-bond donors (Lipinski definition) is 1. The van der Waals surface area contributed by atoms with Gasteiger partial charge in [-0.05, 0) is 66.9 Å². The number of carbonyl (C=O) groups excluding carboxylic acids is 2. The number of hydrogen-bond acceptors (Lipinski definition) is 4. The molecule has 3 aromatic carbocycles. The van der Waals surface area contributed by atoms with E-state index in [4.69, 9.17) is 23.2 Å². The molecule has 0 unspecified atom stereocenters. The fourth-order valence-electron chi connectivity index (χ4n) is 3.94. The van der Waals surface area contributed by atoms with Crippen LogP contribution in [0, 0.1) is 6.92 Å². The van der Waals surface area contributed by atoms with E-state index >= 15 is 0 Å². The maximum Gasteiger partial charge on any atom is 0.264 e. The molecule has 0 aliphatic rings. The van der Waals surface area contributed by atoms with Crippen molar-refractivity contribution in [3.63, 3.8) is 0 Å². The van der Waals surface area contributed by atoms with Gasteiger partial charge in [-0.25, -0.2) is 8.42 Å². The predicted molar refractivity (Wildman–Crippen MR) is 147 cm³/mol. The van der Waals surface area contributed by atoms with Crippen LogP contribution in [0.4, 0.5) is 5.69 Å². The molecule has 2 amide bonds. The van der Waals surface area contributed by atoms with E-state index in [9.17, 15) is 18.0 Å². The molecule has 1 N–H and O–H groups in total. The molecule has 3 rings (SSSR count). The Morgan fingerprint density at radius 1 is 0.973 bits per heavy atom. The lowest BCUT2D eigenvalue weighted by Crippen LogP contribution is -2.51. The number of aryl methyl sites for hydroxylation is 1. The number of likely N-dealkylation sites (N-methyl/N-ethyl adjacent to an activating group) is 1. The van der Waals surface area contributed by atoms with Crippen LogP contribution in [0.5, 0.6) is 0 Å². The van der Waals surface area contributed by atoms with Crippen molar-refractivity contribution in [2.45, 2.75) is 37.8 Å². The summed E-state index contributed by atoms with van der Waals surface area (Å²) in [5.74, 6) is -0.903. The summed E-state index contributed by atoms with van der Waals surface area (Å²) in [6.07, 6.45) is 0.324. The van der Waals surface area contributed by atoms with Gasteiger partial charge in [0.15, 0.2) is 0 Å². The van der Waals surface area contributed by atoms with Gasteiger partial charge in [0.1, 0.15) is 12.6 Å². The van der Waals surface area contributed by atoms with Crippen molar-refractivity contribution < 1.29 is 18.0 Å². The van der Waals surface area contributed by atoms with Gasteiger partial charge in [0.2, 0.25) is 11.8 Å². The Labute approximate surface area is 228 Å². The van der Waals surface area contributed by atoms with Crippen molar-refractivity contribution in [2.75, 3.05) is 17.9 Å². The van der Waals surface area contributed by atoms with Crippen LogP contribution in [0.1, 0.15) is 24.5 Å². The smallest absolute Gasteiger partial charge is 0.264 e. The minimum atomic E-state index is -4.15. The molecular formula is C27H29Cl2N3O4S. The van der Waals surface area contributed by atoms with Crippen LogP contribution in [-0.4, -0.2) is 44.8 Å². The number of benzene rings is 3. The zero-order chi connectivity index (χ0) is 27.2. The van der Waals surface area contributed by atoms with Crippen LogP contribution in [-0.2, 0) is 26.2 Å². The first kappa shape index (κ1) is 28.5.